The summed E-state index contributed by atoms with van der Waals surface area (Å²) in [4.78, 5) is 8.25. The molecule has 3 aromatic rings. The van der Waals surface area contributed by atoms with Gasteiger partial charge in [-0.2, -0.15) is 0 Å². The summed E-state index contributed by atoms with van der Waals surface area (Å²) in [7, 11) is 0. The molecule has 0 heterocycles. The van der Waals surface area contributed by atoms with Crippen LogP contribution in [-0.2, 0) is 24.2 Å². The summed E-state index contributed by atoms with van der Waals surface area (Å²) in [5.41, 5.74) is 19.3. The number of aryl methyl sites for hydroxylation is 6. The normalized spacial score (nSPS) is 11.6. The van der Waals surface area contributed by atoms with Crippen LogP contribution >= 0.6 is 0 Å². The average molecular weight is 545 g/mol. The van der Waals surface area contributed by atoms with Gasteiger partial charge in [-0.25, -0.2) is 0 Å². The lowest BCUT2D eigenvalue weighted by Crippen LogP contribution is -2.49. The molecule has 3 rings (SSSR count). The van der Waals surface area contributed by atoms with Crippen molar-refractivity contribution in [3.63, 3.8) is 0 Å². The molecule has 0 amide bonds. The number of benzene rings is 3. The van der Waals surface area contributed by atoms with Gasteiger partial charge in [0.15, 0.2) is 0 Å². The van der Waals surface area contributed by atoms with Crippen LogP contribution in [0.2, 0.25) is 0 Å². The second-order valence-electron chi connectivity index (χ2n) is 12.3. The Bertz CT molecular complexity index is 1130. The summed E-state index contributed by atoms with van der Waals surface area (Å²) in [6, 6.07) is 20.8. The number of nitrogens with two attached hydrogens (primary N) is 1. The first-order chi connectivity index (χ1) is 18.8. The number of hydrogen-bond acceptors (Lipinski definition) is 3. The van der Waals surface area contributed by atoms with Crippen LogP contribution in [0, 0.1) is 41.5 Å². The summed E-state index contributed by atoms with van der Waals surface area (Å²) >= 11 is 0. The molecule has 40 heavy (non-hydrogen) atoms. The molecule has 3 aromatic carbocycles. The predicted octanol–water partition coefficient (Wildman–Crippen LogP) is 6.22. The fourth-order valence-electron chi connectivity index (χ4n) is 6.55. The van der Waals surface area contributed by atoms with Crippen molar-refractivity contribution in [2.24, 2.45) is 5.73 Å². The molecule has 0 fully saturated rings. The SMILES string of the molecule is CC[N+](CC)(CCCC(N)(Cc1cc(C)cc(C)c1)Cc1cc(C)cc(C)c1)Cc1cc(C)cc(C)c1.O=C[O-]. The van der Waals surface area contributed by atoms with Gasteiger partial charge in [-0.3, -0.25) is 0 Å². The maximum atomic E-state index is 8.25. The molecule has 0 saturated carbocycles. The summed E-state index contributed by atoms with van der Waals surface area (Å²) in [6.07, 6.45) is 3.99. The van der Waals surface area contributed by atoms with E-state index in [2.05, 4.69) is 110 Å². The summed E-state index contributed by atoms with van der Waals surface area (Å²) in [5.74, 6) is 0. The van der Waals surface area contributed by atoms with E-state index in [1.165, 1.54) is 56.6 Å². The number of rotatable bonds is 12. The lowest BCUT2D eigenvalue weighted by molar-refractivity contribution is -0.938. The molecule has 0 saturated heterocycles. The van der Waals surface area contributed by atoms with Crippen LogP contribution in [0.4, 0.5) is 0 Å². The molecular weight excluding hydrogens is 492 g/mol. The van der Waals surface area contributed by atoms with Crippen LogP contribution in [0.25, 0.3) is 0 Å². The van der Waals surface area contributed by atoms with Crippen molar-refractivity contribution >= 4 is 6.47 Å². The zero-order chi connectivity index (χ0) is 29.9. The summed E-state index contributed by atoms with van der Waals surface area (Å²) < 4.78 is 1.12. The zero-order valence-corrected chi connectivity index (χ0v) is 26.3. The first-order valence-corrected chi connectivity index (χ1v) is 14.8. The highest BCUT2D eigenvalue weighted by Crippen LogP contribution is 2.26. The van der Waals surface area contributed by atoms with Gasteiger partial charge < -0.3 is 20.1 Å². The molecule has 0 unspecified atom stereocenters. The van der Waals surface area contributed by atoms with Crippen molar-refractivity contribution in [1.29, 1.82) is 0 Å². The Kier molecular flexibility index (Phi) is 12.6. The van der Waals surface area contributed by atoms with Crippen LogP contribution in [0.5, 0.6) is 0 Å². The van der Waals surface area contributed by atoms with Gasteiger partial charge in [-0.15, -0.1) is 0 Å². The van der Waals surface area contributed by atoms with Gasteiger partial charge in [-0.05, 0) is 92.2 Å². The summed E-state index contributed by atoms with van der Waals surface area (Å²) in [5, 5.41) is 8.25. The number of carbonyl (C=O) groups excluding carboxylic acids is 1. The van der Waals surface area contributed by atoms with E-state index >= 15 is 0 Å². The lowest BCUT2D eigenvalue weighted by Gasteiger charge is -2.39. The maximum Gasteiger partial charge on any atom is 0.104 e. The quantitative estimate of drug-likeness (QED) is 0.217. The van der Waals surface area contributed by atoms with E-state index in [4.69, 9.17) is 15.6 Å². The second-order valence-corrected chi connectivity index (χ2v) is 12.3. The van der Waals surface area contributed by atoms with Gasteiger partial charge in [0.25, 0.3) is 0 Å². The highest BCUT2D eigenvalue weighted by Gasteiger charge is 2.30. The van der Waals surface area contributed by atoms with Crippen LogP contribution in [0.1, 0.15) is 76.8 Å². The van der Waals surface area contributed by atoms with Gasteiger partial charge >= 0.3 is 0 Å². The van der Waals surface area contributed by atoms with Crippen LogP contribution in [-0.4, -0.2) is 36.1 Å². The fourth-order valence-corrected chi connectivity index (χ4v) is 6.55. The number of hydrogen-bond donors (Lipinski definition) is 1. The van der Waals surface area contributed by atoms with Crippen molar-refractivity contribution in [3.8, 4) is 0 Å². The van der Waals surface area contributed by atoms with Gasteiger partial charge in [0, 0.05) is 17.6 Å². The molecule has 4 heteroatoms. The molecular formula is C36H52N2O2. The Morgan fingerprint density at radius 2 is 1.00 bits per heavy atom. The van der Waals surface area contributed by atoms with Crippen LogP contribution in [0.3, 0.4) is 0 Å². The average Bonchev–Trinajstić information content (AvgIpc) is 2.81. The Morgan fingerprint density at radius 1 is 0.675 bits per heavy atom. The van der Waals surface area contributed by atoms with Crippen molar-refractivity contribution in [1.82, 2.24) is 0 Å². The number of quaternary nitrogens is 1. The van der Waals surface area contributed by atoms with Crippen molar-refractivity contribution < 1.29 is 14.4 Å². The summed E-state index contributed by atoms with van der Waals surface area (Å²) in [6.45, 7) is 22.0. The molecule has 0 spiro atoms. The monoisotopic (exact) mass is 544 g/mol. The molecule has 218 valence electrons. The zero-order valence-electron chi connectivity index (χ0n) is 26.3. The number of carbonyl (C=O) groups is 1. The Labute approximate surface area is 243 Å². The molecule has 0 aromatic heterocycles. The lowest BCUT2D eigenvalue weighted by atomic mass is 9.81. The van der Waals surface area contributed by atoms with E-state index in [9.17, 15) is 0 Å². The first-order valence-electron chi connectivity index (χ1n) is 14.8. The maximum absolute atomic E-state index is 8.25. The fraction of sp³-hybridized carbons (Fsp3) is 0.472. The topological polar surface area (TPSA) is 66.2 Å². The third-order valence-electron chi connectivity index (χ3n) is 8.12. The largest absolute Gasteiger partial charge is 0.554 e. The highest BCUT2D eigenvalue weighted by atomic mass is 16.3. The van der Waals surface area contributed by atoms with E-state index in [0.29, 0.717) is 0 Å². The molecule has 4 nitrogen and oxygen atoms in total. The molecule has 0 aliphatic rings. The molecule has 0 bridgehead atoms. The van der Waals surface area contributed by atoms with Crippen molar-refractivity contribution in [2.75, 3.05) is 19.6 Å². The molecule has 2 N–H and O–H groups in total. The minimum absolute atomic E-state index is 0.266. The Balaban J connectivity index is 0.00000178. The highest BCUT2D eigenvalue weighted by molar-refractivity contribution is 5.33. The van der Waals surface area contributed by atoms with E-state index in [-0.39, 0.29) is 5.54 Å². The number of carboxylic acid groups (broad SMARTS) is 1. The second kappa shape index (κ2) is 15.2. The van der Waals surface area contributed by atoms with E-state index < -0.39 is 6.47 Å². The number of nitrogens with zero attached hydrogens (tertiary/aromatic N) is 1. The molecule has 0 aliphatic carbocycles. The Hall–Kier alpha value is -2.95. The smallest absolute Gasteiger partial charge is 0.104 e. The van der Waals surface area contributed by atoms with Gasteiger partial charge in [0.1, 0.15) is 6.54 Å². The third-order valence-corrected chi connectivity index (χ3v) is 8.12. The molecule has 0 radical (unpaired) electrons. The van der Waals surface area contributed by atoms with Crippen LogP contribution < -0.4 is 10.8 Å². The minimum Gasteiger partial charge on any atom is -0.554 e. The van der Waals surface area contributed by atoms with Gasteiger partial charge in [0.2, 0.25) is 0 Å². The van der Waals surface area contributed by atoms with Crippen molar-refractivity contribution in [3.05, 3.63) is 105 Å². The van der Waals surface area contributed by atoms with E-state index in [1.807, 2.05) is 0 Å². The standard InChI is InChI=1S/C35H51N2.CH2O2/c1-9-37(10-2,25-34-21-30(7)16-31(8)22-34)13-11-12-35(36,23-32-17-26(3)14-27(4)18-32)24-33-19-28(5)15-29(6)20-33;2-1-3/h14-22H,9-13,23-25,36H2,1-8H3;1H,(H,2,3)/q+1;/p-1. The van der Waals surface area contributed by atoms with Crippen LogP contribution in [0.15, 0.2) is 54.6 Å². The molecule has 0 atom stereocenters. The Morgan fingerprint density at radius 3 is 1.32 bits per heavy atom. The van der Waals surface area contributed by atoms with Crippen molar-refractivity contribution in [2.45, 2.75) is 93.2 Å². The predicted molar refractivity (Wildman–Crippen MR) is 167 cm³/mol. The van der Waals surface area contributed by atoms with E-state index in [1.54, 1.807) is 0 Å². The molecule has 0 aliphatic heterocycles. The van der Waals surface area contributed by atoms with E-state index in [0.717, 1.165) is 49.8 Å². The van der Waals surface area contributed by atoms with Gasteiger partial charge in [-0.1, -0.05) is 88.0 Å². The van der Waals surface area contributed by atoms with Gasteiger partial charge in [0.05, 0.1) is 19.6 Å². The third kappa shape index (κ3) is 10.6. The minimum atomic E-state index is -0.500. The first kappa shape index (κ1) is 33.3.